The predicted molar refractivity (Wildman–Crippen MR) is 87.0 cm³/mol. The SMILES string of the molecule is CCNC(=NCc1ccc(O)cc1)N1CCC2(CCOC2)C1. The highest BCUT2D eigenvalue weighted by Gasteiger charge is 2.42. The summed E-state index contributed by atoms with van der Waals surface area (Å²) in [5, 5.41) is 12.7. The smallest absolute Gasteiger partial charge is 0.194 e. The van der Waals surface area contributed by atoms with Crippen LogP contribution in [0.3, 0.4) is 0 Å². The van der Waals surface area contributed by atoms with Crippen molar-refractivity contribution in [1.82, 2.24) is 10.2 Å². The predicted octanol–water partition coefficient (Wildman–Crippen LogP) is 1.97. The lowest BCUT2D eigenvalue weighted by atomic mass is 9.87. The van der Waals surface area contributed by atoms with E-state index in [1.165, 1.54) is 12.8 Å². The third-order valence-corrected chi connectivity index (χ3v) is 4.61. The van der Waals surface area contributed by atoms with Crippen LogP contribution in [0.5, 0.6) is 5.75 Å². The first-order chi connectivity index (χ1) is 10.7. The number of nitrogens with one attached hydrogen (secondary N) is 1. The standard InChI is InChI=1S/C17H25N3O2/c1-2-18-16(19-11-14-3-5-15(21)6-4-14)20-9-7-17(12-20)8-10-22-13-17/h3-6,21H,2,7-13H2,1H3,(H,18,19). The van der Waals surface area contributed by atoms with E-state index in [0.29, 0.717) is 17.7 Å². The number of nitrogens with zero attached hydrogens (tertiary/aromatic N) is 2. The summed E-state index contributed by atoms with van der Waals surface area (Å²) in [5.41, 5.74) is 1.45. The molecule has 120 valence electrons. The molecular weight excluding hydrogens is 278 g/mol. The zero-order valence-corrected chi connectivity index (χ0v) is 13.2. The molecule has 0 aromatic heterocycles. The number of rotatable bonds is 3. The molecule has 1 spiro atoms. The molecule has 22 heavy (non-hydrogen) atoms. The molecule has 0 saturated carbocycles. The Balaban J connectivity index is 1.67. The molecule has 2 heterocycles. The van der Waals surface area contributed by atoms with Gasteiger partial charge in [0.15, 0.2) is 5.96 Å². The number of hydrogen-bond acceptors (Lipinski definition) is 3. The molecule has 0 amide bonds. The van der Waals surface area contributed by atoms with Crippen molar-refractivity contribution >= 4 is 5.96 Å². The Bertz CT molecular complexity index is 521. The summed E-state index contributed by atoms with van der Waals surface area (Å²) >= 11 is 0. The van der Waals surface area contributed by atoms with Crippen LogP contribution in [0, 0.1) is 5.41 Å². The summed E-state index contributed by atoms with van der Waals surface area (Å²) in [4.78, 5) is 7.12. The summed E-state index contributed by atoms with van der Waals surface area (Å²) in [6, 6.07) is 7.24. The highest BCUT2D eigenvalue weighted by atomic mass is 16.5. The number of phenols is 1. The second kappa shape index (κ2) is 6.57. The quantitative estimate of drug-likeness (QED) is 0.662. The maximum atomic E-state index is 9.34. The van der Waals surface area contributed by atoms with Crippen molar-refractivity contribution in [1.29, 1.82) is 0 Å². The lowest BCUT2D eigenvalue weighted by molar-refractivity contribution is 0.156. The van der Waals surface area contributed by atoms with Gasteiger partial charge in [-0.2, -0.15) is 0 Å². The fourth-order valence-electron chi connectivity index (χ4n) is 3.28. The van der Waals surface area contributed by atoms with Gasteiger partial charge in [0.05, 0.1) is 13.2 Å². The summed E-state index contributed by atoms with van der Waals surface area (Å²) in [7, 11) is 0. The first kappa shape index (κ1) is 15.2. The van der Waals surface area contributed by atoms with Crippen LogP contribution in [-0.4, -0.2) is 48.8 Å². The van der Waals surface area contributed by atoms with E-state index in [9.17, 15) is 5.11 Å². The highest BCUT2D eigenvalue weighted by Crippen LogP contribution is 2.38. The van der Waals surface area contributed by atoms with Crippen molar-refractivity contribution in [2.45, 2.75) is 26.3 Å². The largest absolute Gasteiger partial charge is 0.508 e. The third-order valence-electron chi connectivity index (χ3n) is 4.61. The fourth-order valence-corrected chi connectivity index (χ4v) is 3.28. The van der Waals surface area contributed by atoms with Crippen LogP contribution >= 0.6 is 0 Å². The van der Waals surface area contributed by atoms with E-state index in [0.717, 1.165) is 44.4 Å². The first-order valence-corrected chi connectivity index (χ1v) is 8.10. The molecule has 3 rings (SSSR count). The molecule has 0 bridgehead atoms. The molecule has 1 aromatic carbocycles. The summed E-state index contributed by atoms with van der Waals surface area (Å²) in [6.45, 7) is 7.46. The molecule has 0 aliphatic carbocycles. The van der Waals surface area contributed by atoms with Gasteiger partial charge in [0.2, 0.25) is 0 Å². The average molecular weight is 303 g/mol. The van der Waals surface area contributed by atoms with E-state index in [4.69, 9.17) is 9.73 Å². The molecule has 2 N–H and O–H groups in total. The number of hydrogen-bond donors (Lipinski definition) is 2. The van der Waals surface area contributed by atoms with E-state index in [1.54, 1.807) is 12.1 Å². The van der Waals surface area contributed by atoms with Gasteiger partial charge < -0.3 is 20.1 Å². The molecule has 2 aliphatic rings. The van der Waals surface area contributed by atoms with Crippen molar-refractivity contribution in [3.05, 3.63) is 29.8 Å². The Hall–Kier alpha value is -1.75. The number of aromatic hydroxyl groups is 1. The fraction of sp³-hybridized carbons (Fsp3) is 0.588. The maximum absolute atomic E-state index is 9.34. The molecule has 5 nitrogen and oxygen atoms in total. The highest BCUT2D eigenvalue weighted by molar-refractivity contribution is 5.80. The van der Waals surface area contributed by atoms with Crippen LogP contribution < -0.4 is 5.32 Å². The molecule has 2 saturated heterocycles. The first-order valence-electron chi connectivity index (χ1n) is 8.10. The van der Waals surface area contributed by atoms with Crippen molar-refractivity contribution in [2.75, 3.05) is 32.8 Å². The van der Waals surface area contributed by atoms with E-state index >= 15 is 0 Å². The van der Waals surface area contributed by atoms with Crippen LogP contribution in [0.15, 0.2) is 29.3 Å². The zero-order valence-electron chi connectivity index (χ0n) is 13.2. The second-order valence-electron chi connectivity index (χ2n) is 6.31. The number of phenolic OH excluding ortho intramolecular Hbond substituents is 1. The number of aliphatic imine (C=N–C) groups is 1. The van der Waals surface area contributed by atoms with Gasteiger partial charge in [-0.3, -0.25) is 0 Å². The average Bonchev–Trinajstić information content (AvgIpc) is 3.16. The van der Waals surface area contributed by atoms with Gasteiger partial charge in [0.1, 0.15) is 5.75 Å². The van der Waals surface area contributed by atoms with Crippen molar-refractivity contribution in [2.24, 2.45) is 10.4 Å². The minimum atomic E-state index is 0.294. The van der Waals surface area contributed by atoms with Gasteiger partial charge in [-0.15, -0.1) is 0 Å². The van der Waals surface area contributed by atoms with Gasteiger partial charge in [-0.1, -0.05) is 12.1 Å². The summed E-state index contributed by atoms with van der Waals surface area (Å²) in [6.07, 6.45) is 2.36. The number of benzene rings is 1. The normalized spacial score (nSPS) is 25.1. The van der Waals surface area contributed by atoms with E-state index in [-0.39, 0.29) is 0 Å². The van der Waals surface area contributed by atoms with E-state index in [2.05, 4.69) is 17.1 Å². The Morgan fingerprint density at radius 1 is 1.36 bits per heavy atom. The Morgan fingerprint density at radius 3 is 2.86 bits per heavy atom. The summed E-state index contributed by atoms with van der Waals surface area (Å²) in [5.74, 6) is 1.28. The Morgan fingerprint density at radius 2 is 2.18 bits per heavy atom. The molecule has 2 aliphatic heterocycles. The minimum absolute atomic E-state index is 0.294. The molecule has 1 atom stereocenters. The van der Waals surface area contributed by atoms with Crippen molar-refractivity contribution < 1.29 is 9.84 Å². The van der Waals surface area contributed by atoms with Crippen molar-refractivity contribution in [3.8, 4) is 5.75 Å². The molecule has 2 fully saturated rings. The Kier molecular flexibility index (Phi) is 4.52. The van der Waals surface area contributed by atoms with E-state index < -0.39 is 0 Å². The maximum Gasteiger partial charge on any atom is 0.194 e. The van der Waals surface area contributed by atoms with E-state index in [1.807, 2.05) is 12.1 Å². The second-order valence-corrected chi connectivity index (χ2v) is 6.31. The summed E-state index contributed by atoms with van der Waals surface area (Å²) < 4.78 is 5.60. The molecule has 0 radical (unpaired) electrons. The minimum Gasteiger partial charge on any atom is -0.508 e. The monoisotopic (exact) mass is 303 g/mol. The number of guanidine groups is 1. The molecule has 5 heteroatoms. The molecular formula is C17H25N3O2. The zero-order chi connectivity index (χ0) is 15.4. The third kappa shape index (κ3) is 3.35. The van der Waals surface area contributed by atoms with Crippen LogP contribution in [0.25, 0.3) is 0 Å². The van der Waals surface area contributed by atoms with Crippen LogP contribution in [0.2, 0.25) is 0 Å². The van der Waals surface area contributed by atoms with Crippen molar-refractivity contribution in [3.63, 3.8) is 0 Å². The van der Waals surface area contributed by atoms with Crippen LogP contribution in [-0.2, 0) is 11.3 Å². The van der Waals surface area contributed by atoms with Gasteiger partial charge in [-0.25, -0.2) is 4.99 Å². The van der Waals surface area contributed by atoms with Crippen LogP contribution in [0.1, 0.15) is 25.3 Å². The van der Waals surface area contributed by atoms with Crippen LogP contribution in [0.4, 0.5) is 0 Å². The molecule has 1 aromatic rings. The lowest BCUT2D eigenvalue weighted by Gasteiger charge is -2.25. The van der Waals surface area contributed by atoms with Gasteiger partial charge in [-0.05, 0) is 37.5 Å². The van der Waals surface area contributed by atoms with Gasteiger partial charge in [0.25, 0.3) is 0 Å². The molecule has 1 unspecified atom stereocenters. The number of likely N-dealkylation sites (tertiary alicyclic amines) is 1. The van der Waals surface area contributed by atoms with Gasteiger partial charge >= 0.3 is 0 Å². The topological polar surface area (TPSA) is 57.1 Å². The number of ether oxygens (including phenoxy) is 1. The lowest BCUT2D eigenvalue weighted by Crippen LogP contribution is -2.41. The van der Waals surface area contributed by atoms with Gasteiger partial charge in [0, 0.05) is 31.7 Å². The Labute approximate surface area is 132 Å².